The zero-order valence-electron chi connectivity index (χ0n) is 10.4. The second-order valence-corrected chi connectivity index (χ2v) is 4.84. The topological polar surface area (TPSA) is 92.4 Å². The number of hydrogen-bond donors (Lipinski definition) is 2. The van der Waals surface area contributed by atoms with Gasteiger partial charge < -0.3 is 14.8 Å². The van der Waals surface area contributed by atoms with Gasteiger partial charge in [-0.25, -0.2) is 14.6 Å². The number of aromatic carboxylic acids is 1. The minimum absolute atomic E-state index is 0.00296. The van der Waals surface area contributed by atoms with E-state index in [1.807, 2.05) is 13.8 Å². The fourth-order valence-corrected chi connectivity index (χ4v) is 2.48. The van der Waals surface area contributed by atoms with Crippen molar-refractivity contribution in [2.75, 3.05) is 0 Å². The van der Waals surface area contributed by atoms with Gasteiger partial charge in [0.1, 0.15) is 11.9 Å². The molecule has 1 aliphatic heterocycles. The number of aliphatic carboxylic acids is 1. The molecule has 98 valence electrons. The van der Waals surface area contributed by atoms with Crippen LogP contribution in [0.3, 0.4) is 0 Å². The molecule has 2 rings (SSSR count). The van der Waals surface area contributed by atoms with E-state index in [1.54, 1.807) is 4.57 Å². The molecule has 1 aliphatic rings. The fraction of sp³-hybridized carbons (Fsp3) is 0.583. The lowest BCUT2D eigenvalue weighted by molar-refractivity contribution is -0.141. The summed E-state index contributed by atoms with van der Waals surface area (Å²) in [6, 6.07) is -0.688. The van der Waals surface area contributed by atoms with Crippen LogP contribution in [0.4, 0.5) is 0 Å². The minimum atomic E-state index is -1.09. The summed E-state index contributed by atoms with van der Waals surface area (Å²) < 4.78 is 1.61. The molecule has 6 nitrogen and oxygen atoms in total. The smallest absolute Gasteiger partial charge is 0.356 e. The second-order valence-electron chi connectivity index (χ2n) is 4.84. The van der Waals surface area contributed by atoms with Gasteiger partial charge in [-0.15, -0.1) is 0 Å². The number of carboxylic acids is 2. The van der Waals surface area contributed by atoms with E-state index in [0.717, 1.165) is 0 Å². The van der Waals surface area contributed by atoms with E-state index in [0.29, 0.717) is 30.8 Å². The first-order chi connectivity index (χ1) is 8.43. The highest BCUT2D eigenvalue weighted by atomic mass is 16.4. The van der Waals surface area contributed by atoms with Crippen molar-refractivity contribution in [2.24, 2.45) is 0 Å². The standard InChI is InChI=1S/C12H16N2O4/c1-6(2)10-13-9(12(17)18)7-4-3-5-8(11(15)16)14(7)10/h6,8H,3-5H2,1-2H3,(H,15,16)(H,17,18). The van der Waals surface area contributed by atoms with Crippen LogP contribution >= 0.6 is 0 Å². The predicted molar refractivity (Wildman–Crippen MR) is 62.9 cm³/mol. The van der Waals surface area contributed by atoms with Gasteiger partial charge in [0, 0.05) is 5.92 Å². The van der Waals surface area contributed by atoms with E-state index < -0.39 is 18.0 Å². The average Bonchev–Trinajstić information content (AvgIpc) is 2.67. The van der Waals surface area contributed by atoms with Gasteiger partial charge in [-0.1, -0.05) is 13.8 Å². The molecular weight excluding hydrogens is 236 g/mol. The highest BCUT2D eigenvalue weighted by molar-refractivity contribution is 5.87. The number of carboxylic acid groups (broad SMARTS) is 2. The highest BCUT2D eigenvalue weighted by Crippen LogP contribution is 2.32. The summed E-state index contributed by atoms with van der Waals surface area (Å²) in [4.78, 5) is 26.6. The molecule has 0 saturated heterocycles. The Morgan fingerprint density at radius 1 is 1.39 bits per heavy atom. The van der Waals surface area contributed by atoms with Crippen molar-refractivity contribution in [3.8, 4) is 0 Å². The molecule has 1 atom stereocenters. The molecule has 2 heterocycles. The number of imidazole rings is 1. The summed E-state index contributed by atoms with van der Waals surface area (Å²) in [5, 5.41) is 18.4. The first-order valence-corrected chi connectivity index (χ1v) is 6.00. The van der Waals surface area contributed by atoms with Gasteiger partial charge in [-0.05, 0) is 19.3 Å². The van der Waals surface area contributed by atoms with Crippen LogP contribution in [0, 0.1) is 0 Å². The maximum absolute atomic E-state index is 11.3. The van der Waals surface area contributed by atoms with Crippen molar-refractivity contribution in [1.29, 1.82) is 0 Å². The van der Waals surface area contributed by atoms with Crippen molar-refractivity contribution in [2.45, 2.75) is 45.1 Å². The highest BCUT2D eigenvalue weighted by Gasteiger charge is 2.33. The second kappa shape index (κ2) is 4.44. The Morgan fingerprint density at radius 3 is 2.56 bits per heavy atom. The van der Waals surface area contributed by atoms with Gasteiger partial charge in [-0.2, -0.15) is 0 Å². The van der Waals surface area contributed by atoms with Gasteiger partial charge in [-0.3, -0.25) is 0 Å². The first-order valence-electron chi connectivity index (χ1n) is 6.00. The Labute approximate surface area is 104 Å². The summed E-state index contributed by atoms with van der Waals surface area (Å²) in [6.07, 6.45) is 1.78. The summed E-state index contributed by atoms with van der Waals surface area (Å²) in [5.41, 5.74) is 0.550. The lowest BCUT2D eigenvalue weighted by Crippen LogP contribution is -2.27. The molecule has 0 fully saturated rings. The van der Waals surface area contributed by atoms with Gasteiger partial charge in [0.05, 0.1) is 5.69 Å². The molecule has 6 heteroatoms. The van der Waals surface area contributed by atoms with Crippen LogP contribution in [-0.2, 0) is 11.2 Å². The van der Waals surface area contributed by atoms with Gasteiger partial charge >= 0.3 is 11.9 Å². The zero-order valence-corrected chi connectivity index (χ0v) is 10.4. The molecule has 0 bridgehead atoms. The molecule has 1 aromatic rings. The van der Waals surface area contributed by atoms with E-state index in [4.69, 9.17) is 5.11 Å². The summed E-state index contributed by atoms with van der Waals surface area (Å²) >= 11 is 0. The maximum Gasteiger partial charge on any atom is 0.356 e. The molecule has 1 unspecified atom stereocenters. The van der Waals surface area contributed by atoms with Crippen LogP contribution in [0.1, 0.15) is 60.7 Å². The average molecular weight is 252 g/mol. The van der Waals surface area contributed by atoms with E-state index in [2.05, 4.69) is 4.98 Å². The number of fused-ring (bicyclic) bond motifs is 1. The normalized spacial score (nSPS) is 18.7. The van der Waals surface area contributed by atoms with Crippen LogP contribution in [0.5, 0.6) is 0 Å². The third-order valence-corrected chi connectivity index (χ3v) is 3.24. The van der Waals surface area contributed by atoms with Crippen molar-refractivity contribution in [1.82, 2.24) is 9.55 Å². The van der Waals surface area contributed by atoms with Crippen molar-refractivity contribution < 1.29 is 19.8 Å². The molecule has 0 radical (unpaired) electrons. The number of carbonyl (C=O) groups is 2. The Balaban J connectivity index is 2.64. The lowest BCUT2D eigenvalue weighted by atomic mass is 10.0. The van der Waals surface area contributed by atoms with E-state index in [9.17, 15) is 14.7 Å². The largest absolute Gasteiger partial charge is 0.480 e. The number of hydrogen-bond acceptors (Lipinski definition) is 3. The molecule has 0 aromatic carbocycles. The molecule has 1 aromatic heterocycles. The molecular formula is C12H16N2O4. The van der Waals surface area contributed by atoms with Crippen molar-refractivity contribution in [3.05, 3.63) is 17.2 Å². The molecule has 0 aliphatic carbocycles. The molecule has 0 amide bonds. The Kier molecular flexibility index (Phi) is 3.11. The predicted octanol–water partition coefficient (Wildman–Crippen LogP) is 1.67. The maximum atomic E-state index is 11.3. The summed E-state index contributed by atoms with van der Waals surface area (Å²) in [5.74, 6) is -1.46. The summed E-state index contributed by atoms with van der Waals surface area (Å²) in [7, 11) is 0. The first kappa shape index (κ1) is 12.6. The van der Waals surface area contributed by atoms with E-state index >= 15 is 0 Å². The van der Waals surface area contributed by atoms with Crippen molar-refractivity contribution >= 4 is 11.9 Å². The van der Waals surface area contributed by atoms with E-state index in [-0.39, 0.29) is 11.6 Å². The molecule has 2 N–H and O–H groups in total. The SMILES string of the molecule is CC(C)c1nc(C(=O)O)c2n1C(C(=O)O)CCC2. The fourth-order valence-electron chi connectivity index (χ4n) is 2.48. The Morgan fingerprint density at radius 2 is 2.06 bits per heavy atom. The van der Waals surface area contributed by atoms with Crippen LogP contribution in [-0.4, -0.2) is 31.7 Å². The van der Waals surface area contributed by atoms with Crippen LogP contribution < -0.4 is 0 Å². The van der Waals surface area contributed by atoms with Crippen LogP contribution in [0.25, 0.3) is 0 Å². The third kappa shape index (κ3) is 1.87. The monoisotopic (exact) mass is 252 g/mol. The third-order valence-electron chi connectivity index (χ3n) is 3.24. The van der Waals surface area contributed by atoms with Crippen LogP contribution in [0.2, 0.25) is 0 Å². The quantitative estimate of drug-likeness (QED) is 0.853. The number of aromatic nitrogens is 2. The molecule has 0 saturated carbocycles. The number of rotatable bonds is 3. The van der Waals surface area contributed by atoms with Gasteiger partial charge in [0.25, 0.3) is 0 Å². The number of nitrogens with zero attached hydrogens (tertiary/aromatic N) is 2. The molecule has 0 spiro atoms. The molecule has 18 heavy (non-hydrogen) atoms. The van der Waals surface area contributed by atoms with Gasteiger partial charge in [0.15, 0.2) is 5.69 Å². The van der Waals surface area contributed by atoms with E-state index in [1.165, 1.54) is 0 Å². The zero-order chi connectivity index (χ0) is 13.4. The Bertz CT molecular complexity index is 504. The summed E-state index contributed by atoms with van der Waals surface area (Å²) in [6.45, 7) is 3.77. The van der Waals surface area contributed by atoms with Gasteiger partial charge in [0.2, 0.25) is 0 Å². The van der Waals surface area contributed by atoms with Crippen LogP contribution in [0.15, 0.2) is 0 Å². The minimum Gasteiger partial charge on any atom is -0.480 e. The van der Waals surface area contributed by atoms with Crippen molar-refractivity contribution in [3.63, 3.8) is 0 Å². The Hall–Kier alpha value is -1.85. The lowest BCUT2D eigenvalue weighted by Gasteiger charge is -2.25.